The number of rotatable bonds is 7. The molecule has 1 N–H and O–H groups in total. The molecule has 6 nitrogen and oxygen atoms in total. The molecule has 2 aromatic heterocycles. The van der Waals surface area contributed by atoms with E-state index in [1.54, 1.807) is 24.3 Å². The first kappa shape index (κ1) is 18.7. The predicted molar refractivity (Wildman–Crippen MR) is 103 cm³/mol. The molecule has 0 saturated heterocycles. The number of amides is 2. The fourth-order valence-corrected chi connectivity index (χ4v) is 4.07. The highest BCUT2D eigenvalue weighted by Gasteiger charge is 2.28. The van der Waals surface area contributed by atoms with Crippen LogP contribution >= 0.6 is 11.3 Å². The Labute approximate surface area is 157 Å². The van der Waals surface area contributed by atoms with Crippen molar-refractivity contribution in [3.63, 3.8) is 0 Å². The van der Waals surface area contributed by atoms with Crippen molar-refractivity contribution in [2.45, 2.75) is 31.7 Å². The summed E-state index contributed by atoms with van der Waals surface area (Å²) >= 11 is 1.31. The fraction of sp³-hybridized carbons (Fsp3) is 0.474. The SMILES string of the molecule is CN(C)CCN(C(=O)c1ccc(NC(=O)c2ccco2)s1)C1CCCC1. The Balaban J connectivity index is 1.68. The first-order chi connectivity index (χ1) is 12.5. The lowest BCUT2D eigenvalue weighted by Crippen LogP contribution is -2.42. The third-order valence-corrected chi connectivity index (χ3v) is 5.60. The van der Waals surface area contributed by atoms with Crippen molar-refractivity contribution in [2.24, 2.45) is 0 Å². The Morgan fingerprint density at radius 2 is 1.96 bits per heavy atom. The standard InChI is InChI=1S/C19H25N3O3S/c1-21(2)11-12-22(14-6-3-4-7-14)19(24)16-9-10-17(26-16)20-18(23)15-8-5-13-25-15/h5,8-10,13-14H,3-4,6-7,11-12H2,1-2H3,(H,20,23). The van der Waals surface area contributed by atoms with Gasteiger partial charge in [0.1, 0.15) is 0 Å². The Hall–Kier alpha value is -2.12. The molecule has 0 spiro atoms. The van der Waals surface area contributed by atoms with Crippen molar-refractivity contribution in [3.05, 3.63) is 41.2 Å². The van der Waals surface area contributed by atoms with Crippen LogP contribution < -0.4 is 5.32 Å². The third-order valence-electron chi connectivity index (χ3n) is 4.61. The highest BCUT2D eigenvalue weighted by Crippen LogP contribution is 2.28. The second kappa shape index (κ2) is 8.51. The van der Waals surface area contributed by atoms with Crippen molar-refractivity contribution in [3.8, 4) is 0 Å². The zero-order valence-corrected chi connectivity index (χ0v) is 16.1. The van der Waals surface area contributed by atoms with Gasteiger partial charge in [0.25, 0.3) is 11.8 Å². The van der Waals surface area contributed by atoms with Gasteiger partial charge in [0.05, 0.1) is 16.1 Å². The number of hydrogen-bond donors (Lipinski definition) is 1. The molecule has 26 heavy (non-hydrogen) atoms. The smallest absolute Gasteiger partial charge is 0.291 e. The number of anilines is 1. The molecule has 0 aromatic carbocycles. The Bertz CT molecular complexity index is 733. The Morgan fingerprint density at radius 1 is 1.19 bits per heavy atom. The monoisotopic (exact) mass is 375 g/mol. The van der Waals surface area contributed by atoms with Crippen LogP contribution in [0.15, 0.2) is 34.9 Å². The number of likely N-dealkylation sites (N-methyl/N-ethyl adjacent to an activating group) is 1. The van der Waals surface area contributed by atoms with Crippen LogP contribution in [0.3, 0.4) is 0 Å². The van der Waals surface area contributed by atoms with Crippen LogP contribution in [0.25, 0.3) is 0 Å². The maximum atomic E-state index is 13.1. The summed E-state index contributed by atoms with van der Waals surface area (Å²) in [6, 6.07) is 7.17. The van der Waals surface area contributed by atoms with Crippen LogP contribution in [0, 0.1) is 0 Å². The van der Waals surface area contributed by atoms with E-state index in [9.17, 15) is 9.59 Å². The minimum Gasteiger partial charge on any atom is -0.459 e. The molecule has 1 saturated carbocycles. The second-order valence-corrected chi connectivity index (χ2v) is 7.92. The summed E-state index contributed by atoms with van der Waals surface area (Å²) in [7, 11) is 4.04. The maximum absolute atomic E-state index is 13.1. The summed E-state index contributed by atoms with van der Waals surface area (Å²) in [4.78, 5) is 29.9. The van der Waals surface area contributed by atoms with Gasteiger partial charge in [-0.15, -0.1) is 11.3 Å². The minimum atomic E-state index is -0.309. The molecule has 1 fully saturated rings. The molecular formula is C19H25N3O3S. The van der Waals surface area contributed by atoms with E-state index in [-0.39, 0.29) is 17.6 Å². The van der Waals surface area contributed by atoms with Gasteiger partial charge in [-0.05, 0) is 51.2 Å². The van der Waals surface area contributed by atoms with Crippen molar-refractivity contribution >= 4 is 28.2 Å². The van der Waals surface area contributed by atoms with Crippen molar-refractivity contribution < 1.29 is 14.0 Å². The van der Waals surface area contributed by atoms with E-state index in [2.05, 4.69) is 10.2 Å². The molecule has 1 aliphatic carbocycles. The second-order valence-electron chi connectivity index (χ2n) is 6.84. The van der Waals surface area contributed by atoms with E-state index in [1.165, 1.54) is 30.4 Å². The lowest BCUT2D eigenvalue weighted by Gasteiger charge is -2.29. The summed E-state index contributed by atoms with van der Waals surface area (Å²) in [5.41, 5.74) is 0. The normalized spacial score (nSPS) is 14.7. The van der Waals surface area contributed by atoms with Crippen LogP contribution in [0.1, 0.15) is 45.9 Å². The minimum absolute atomic E-state index is 0.0576. The summed E-state index contributed by atoms with van der Waals surface area (Å²) in [5, 5.41) is 3.43. The van der Waals surface area contributed by atoms with Gasteiger partial charge in [-0.1, -0.05) is 12.8 Å². The first-order valence-corrected chi connectivity index (χ1v) is 9.76. The van der Waals surface area contributed by atoms with Gasteiger partial charge < -0.3 is 19.5 Å². The lowest BCUT2D eigenvalue weighted by molar-refractivity contribution is 0.0672. The van der Waals surface area contributed by atoms with Crippen molar-refractivity contribution in [1.29, 1.82) is 0 Å². The van der Waals surface area contributed by atoms with E-state index in [0.717, 1.165) is 25.9 Å². The maximum Gasteiger partial charge on any atom is 0.291 e. The number of thiophene rings is 1. The molecule has 0 radical (unpaired) electrons. The number of carbonyl (C=O) groups is 2. The summed E-state index contributed by atoms with van der Waals surface area (Å²) in [5.74, 6) is 0.00296. The van der Waals surface area contributed by atoms with Gasteiger partial charge in [0.15, 0.2) is 5.76 Å². The molecular weight excluding hydrogens is 350 g/mol. The summed E-state index contributed by atoms with van der Waals surface area (Å²) in [6.45, 7) is 1.57. The van der Waals surface area contributed by atoms with Crippen LogP contribution in [-0.4, -0.2) is 54.8 Å². The Morgan fingerprint density at radius 3 is 2.62 bits per heavy atom. The summed E-state index contributed by atoms with van der Waals surface area (Å²) in [6.07, 6.45) is 5.98. The number of hydrogen-bond acceptors (Lipinski definition) is 5. The number of carbonyl (C=O) groups excluding carboxylic acids is 2. The van der Waals surface area contributed by atoms with Crippen LogP contribution in [0.5, 0.6) is 0 Å². The van der Waals surface area contributed by atoms with Crippen molar-refractivity contribution in [2.75, 3.05) is 32.5 Å². The number of nitrogens with one attached hydrogen (secondary N) is 1. The zero-order valence-electron chi connectivity index (χ0n) is 15.2. The molecule has 0 atom stereocenters. The van der Waals surface area contributed by atoms with E-state index < -0.39 is 0 Å². The van der Waals surface area contributed by atoms with Gasteiger partial charge in [-0.3, -0.25) is 9.59 Å². The Kier molecular flexibility index (Phi) is 6.11. The predicted octanol–water partition coefficient (Wildman–Crippen LogP) is 3.54. The molecule has 2 amide bonds. The van der Waals surface area contributed by atoms with Gasteiger partial charge in [-0.2, -0.15) is 0 Å². The summed E-state index contributed by atoms with van der Waals surface area (Å²) < 4.78 is 5.09. The average Bonchev–Trinajstić information content (AvgIpc) is 3.36. The fourth-order valence-electron chi connectivity index (χ4n) is 3.22. The molecule has 2 heterocycles. The number of furan rings is 1. The number of nitrogens with zero attached hydrogens (tertiary/aromatic N) is 2. The highest BCUT2D eigenvalue weighted by molar-refractivity contribution is 7.18. The largest absolute Gasteiger partial charge is 0.459 e. The molecule has 7 heteroatoms. The molecule has 0 unspecified atom stereocenters. The highest BCUT2D eigenvalue weighted by atomic mass is 32.1. The van der Waals surface area contributed by atoms with Crippen molar-refractivity contribution in [1.82, 2.24) is 9.80 Å². The van der Waals surface area contributed by atoms with Gasteiger partial charge >= 0.3 is 0 Å². The van der Waals surface area contributed by atoms with E-state index in [1.807, 2.05) is 19.0 Å². The zero-order chi connectivity index (χ0) is 18.5. The van der Waals surface area contributed by atoms with E-state index in [0.29, 0.717) is 15.9 Å². The molecule has 140 valence electrons. The van der Waals surface area contributed by atoms with Gasteiger partial charge in [-0.25, -0.2) is 0 Å². The van der Waals surface area contributed by atoms with Crippen LogP contribution in [0.2, 0.25) is 0 Å². The van der Waals surface area contributed by atoms with Crippen LogP contribution in [0.4, 0.5) is 5.00 Å². The molecule has 0 aliphatic heterocycles. The molecule has 0 bridgehead atoms. The average molecular weight is 375 g/mol. The quantitative estimate of drug-likeness (QED) is 0.804. The topological polar surface area (TPSA) is 65.8 Å². The molecule has 2 aromatic rings. The third kappa shape index (κ3) is 4.53. The van der Waals surface area contributed by atoms with Gasteiger partial charge in [0.2, 0.25) is 0 Å². The van der Waals surface area contributed by atoms with E-state index >= 15 is 0 Å². The first-order valence-electron chi connectivity index (χ1n) is 8.95. The lowest BCUT2D eigenvalue weighted by atomic mass is 10.2. The molecule has 1 aliphatic rings. The van der Waals surface area contributed by atoms with Crippen LogP contribution in [-0.2, 0) is 0 Å². The van der Waals surface area contributed by atoms with Gasteiger partial charge in [0, 0.05) is 19.1 Å². The van der Waals surface area contributed by atoms with E-state index in [4.69, 9.17) is 4.42 Å². The molecule has 3 rings (SSSR count).